The fraction of sp³-hybridized carbons (Fsp3) is 0.278. The van der Waals surface area contributed by atoms with Gasteiger partial charge in [0.25, 0.3) is 5.69 Å². The molecule has 0 unspecified atom stereocenters. The first-order valence-electron chi connectivity index (χ1n) is 8.64. The number of nitro groups is 1. The third kappa shape index (κ3) is 3.56. The molecule has 0 saturated carbocycles. The van der Waals surface area contributed by atoms with Crippen molar-refractivity contribution in [3.05, 3.63) is 57.9 Å². The molecule has 3 aromatic rings. The fourth-order valence-corrected chi connectivity index (χ4v) is 4.00. The van der Waals surface area contributed by atoms with Gasteiger partial charge in [0.15, 0.2) is 17.8 Å². The average Bonchev–Trinajstić information content (AvgIpc) is 3.15. The van der Waals surface area contributed by atoms with Gasteiger partial charge in [-0.1, -0.05) is 11.8 Å². The van der Waals surface area contributed by atoms with Crippen molar-refractivity contribution in [2.24, 2.45) is 0 Å². The number of ether oxygens (including phenoxy) is 2. The van der Waals surface area contributed by atoms with Gasteiger partial charge >= 0.3 is 0 Å². The Hall–Kier alpha value is -2.98. The maximum absolute atomic E-state index is 11.3. The average molecular weight is 399 g/mol. The summed E-state index contributed by atoms with van der Waals surface area (Å²) in [5.74, 6) is 1.89. The molecule has 144 valence electrons. The van der Waals surface area contributed by atoms with Crippen LogP contribution in [0.1, 0.15) is 18.1 Å². The minimum Gasteiger partial charge on any atom is -0.467 e. The van der Waals surface area contributed by atoms with Crippen LogP contribution >= 0.6 is 11.8 Å². The van der Waals surface area contributed by atoms with Crippen molar-refractivity contribution < 1.29 is 14.4 Å². The molecule has 0 aliphatic carbocycles. The summed E-state index contributed by atoms with van der Waals surface area (Å²) < 4.78 is 12.9. The van der Waals surface area contributed by atoms with Crippen LogP contribution in [0.2, 0.25) is 0 Å². The summed E-state index contributed by atoms with van der Waals surface area (Å²) >= 11 is 1.46. The molecule has 3 heterocycles. The summed E-state index contributed by atoms with van der Waals surface area (Å²) in [6.45, 7) is 3.16. The Morgan fingerprint density at radius 2 is 2.11 bits per heavy atom. The van der Waals surface area contributed by atoms with E-state index in [0.717, 1.165) is 22.1 Å². The monoisotopic (exact) mass is 399 g/mol. The van der Waals surface area contributed by atoms with Crippen LogP contribution in [0, 0.1) is 10.1 Å². The molecule has 0 saturated heterocycles. The van der Waals surface area contributed by atoms with Gasteiger partial charge in [0.2, 0.25) is 0 Å². The highest BCUT2D eigenvalue weighted by Crippen LogP contribution is 2.36. The summed E-state index contributed by atoms with van der Waals surface area (Å²) in [7, 11) is 0. The number of aromatic nitrogens is 4. The van der Waals surface area contributed by atoms with Gasteiger partial charge < -0.3 is 14.0 Å². The van der Waals surface area contributed by atoms with Crippen LogP contribution in [-0.4, -0.2) is 31.5 Å². The first kappa shape index (κ1) is 18.4. The summed E-state index contributed by atoms with van der Waals surface area (Å²) in [4.78, 5) is 14.9. The Kier molecular flexibility index (Phi) is 5.22. The molecule has 1 aromatic carbocycles. The zero-order chi connectivity index (χ0) is 19.5. The van der Waals surface area contributed by atoms with Crippen LogP contribution in [0.15, 0.2) is 41.8 Å². The van der Waals surface area contributed by atoms with Gasteiger partial charge in [-0.25, -0.2) is 0 Å². The number of rotatable bonds is 6. The minimum atomic E-state index is -0.404. The van der Waals surface area contributed by atoms with Crippen molar-refractivity contribution in [2.45, 2.75) is 31.0 Å². The Labute approximate surface area is 164 Å². The van der Waals surface area contributed by atoms with Gasteiger partial charge in [0.05, 0.1) is 11.5 Å². The normalized spacial score (nSPS) is 13.0. The second kappa shape index (κ2) is 7.95. The first-order valence-corrected chi connectivity index (χ1v) is 9.63. The molecule has 4 rings (SSSR count). The number of thioether (sulfide) groups is 1. The van der Waals surface area contributed by atoms with E-state index in [1.54, 1.807) is 18.5 Å². The molecule has 1 aliphatic rings. The van der Waals surface area contributed by atoms with Gasteiger partial charge in [0, 0.05) is 53.5 Å². The third-order valence-electron chi connectivity index (χ3n) is 4.31. The largest absolute Gasteiger partial charge is 0.467 e. The van der Waals surface area contributed by atoms with E-state index in [2.05, 4.69) is 15.2 Å². The number of pyridine rings is 1. The molecule has 0 radical (unpaired) electrons. The van der Waals surface area contributed by atoms with E-state index in [0.29, 0.717) is 30.2 Å². The number of nitro benzene ring substituents is 1. The lowest BCUT2D eigenvalue weighted by Gasteiger charge is -2.20. The van der Waals surface area contributed by atoms with Crippen LogP contribution in [0.25, 0.3) is 11.4 Å². The highest BCUT2D eigenvalue weighted by atomic mass is 32.2. The van der Waals surface area contributed by atoms with Gasteiger partial charge in [-0.05, 0) is 19.1 Å². The van der Waals surface area contributed by atoms with Gasteiger partial charge in [-0.2, -0.15) is 0 Å². The van der Waals surface area contributed by atoms with Crippen molar-refractivity contribution >= 4 is 17.4 Å². The molecule has 0 atom stereocenters. The molecule has 0 bridgehead atoms. The first-order chi connectivity index (χ1) is 13.7. The van der Waals surface area contributed by atoms with E-state index in [4.69, 9.17) is 9.47 Å². The van der Waals surface area contributed by atoms with E-state index >= 15 is 0 Å². The Morgan fingerprint density at radius 3 is 2.86 bits per heavy atom. The molecule has 10 heteroatoms. The van der Waals surface area contributed by atoms with Gasteiger partial charge in [-0.15, -0.1) is 10.2 Å². The molecule has 0 spiro atoms. The van der Waals surface area contributed by atoms with Crippen molar-refractivity contribution in [1.29, 1.82) is 0 Å². The quantitative estimate of drug-likeness (QED) is 0.353. The molecular weight excluding hydrogens is 382 g/mol. The van der Waals surface area contributed by atoms with Crippen molar-refractivity contribution in [3.63, 3.8) is 0 Å². The topological polar surface area (TPSA) is 105 Å². The van der Waals surface area contributed by atoms with Crippen LogP contribution in [-0.2, 0) is 23.6 Å². The standard InChI is InChI=1S/C18H17N5O4S/c1-2-22-17(12-3-5-19-6-4-12)20-21-18(22)28-10-14-8-15(23(24)25)7-13-9-26-11-27-16(13)14/h3-8H,2,9-11H2,1H3. The summed E-state index contributed by atoms with van der Waals surface area (Å²) in [5, 5.41) is 20.6. The van der Waals surface area contributed by atoms with Crippen molar-refractivity contribution in [3.8, 4) is 17.1 Å². The molecule has 0 N–H and O–H groups in total. The molecule has 2 aromatic heterocycles. The lowest BCUT2D eigenvalue weighted by Crippen LogP contribution is -2.13. The van der Waals surface area contributed by atoms with E-state index in [1.807, 2.05) is 23.6 Å². The Bertz CT molecular complexity index is 1010. The summed E-state index contributed by atoms with van der Waals surface area (Å²) in [6.07, 6.45) is 3.43. The smallest absolute Gasteiger partial charge is 0.270 e. The molecule has 0 amide bonds. The molecule has 1 aliphatic heterocycles. The number of hydrogen-bond donors (Lipinski definition) is 0. The number of nitrogens with zero attached hydrogens (tertiary/aromatic N) is 5. The predicted molar refractivity (Wildman–Crippen MR) is 102 cm³/mol. The molecule has 0 fully saturated rings. The van der Waals surface area contributed by atoms with E-state index in [9.17, 15) is 10.1 Å². The maximum atomic E-state index is 11.3. The highest BCUT2D eigenvalue weighted by molar-refractivity contribution is 7.98. The lowest BCUT2D eigenvalue weighted by atomic mass is 10.1. The van der Waals surface area contributed by atoms with Crippen LogP contribution in [0.3, 0.4) is 0 Å². The van der Waals surface area contributed by atoms with Crippen molar-refractivity contribution in [2.75, 3.05) is 6.79 Å². The lowest BCUT2D eigenvalue weighted by molar-refractivity contribution is -0.385. The second-order valence-corrected chi connectivity index (χ2v) is 6.98. The van der Waals surface area contributed by atoms with Crippen LogP contribution in [0.5, 0.6) is 5.75 Å². The van der Waals surface area contributed by atoms with E-state index in [1.165, 1.54) is 17.8 Å². The number of fused-ring (bicyclic) bond motifs is 1. The summed E-state index contributed by atoms with van der Waals surface area (Å²) in [5.41, 5.74) is 2.39. The zero-order valence-electron chi connectivity index (χ0n) is 15.1. The Balaban J connectivity index is 1.63. The van der Waals surface area contributed by atoms with Crippen LogP contribution in [0.4, 0.5) is 5.69 Å². The summed E-state index contributed by atoms with van der Waals surface area (Å²) in [6, 6.07) is 6.82. The number of non-ortho nitro benzene ring substituents is 1. The zero-order valence-corrected chi connectivity index (χ0v) is 15.9. The predicted octanol–water partition coefficient (Wildman–Crippen LogP) is 3.43. The van der Waals surface area contributed by atoms with Gasteiger partial charge in [0.1, 0.15) is 5.75 Å². The highest BCUT2D eigenvalue weighted by Gasteiger charge is 2.22. The van der Waals surface area contributed by atoms with Crippen molar-refractivity contribution in [1.82, 2.24) is 19.7 Å². The SMILES string of the molecule is CCn1c(SCc2cc([N+](=O)[O-])cc3c2OCOC3)nnc1-c1ccncc1. The van der Waals surface area contributed by atoms with Crippen LogP contribution < -0.4 is 4.74 Å². The molecular formula is C18H17N5O4S. The second-order valence-electron chi connectivity index (χ2n) is 6.04. The number of hydrogen-bond acceptors (Lipinski definition) is 8. The van der Waals surface area contributed by atoms with Gasteiger partial charge in [-0.3, -0.25) is 15.1 Å². The Morgan fingerprint density at radius 1 is 1.29 bits per heavy atom. The fourth-order valence-electron chi connectivity index (χ4n) is 3.03. The maximum Gasteiger partial charge on any atom is 0.270 e. The van der Waals surface area contributed by atoms with E-state index < -0.39 is 4.92 Å². The third-order valence-corrected chi connectivity index (χ3v) is 5.33. The van der Waals surface area contributed by atoms with E-state index in [-0.39, 0.29) is 12.5 Å². The molecule has 28 heavy (non-hydrogen) atoms. The minimum absolute atomic E-state index is 0.0258. The number of benzene rings is 1. The molecule has 9 nitrogen and oxygen atoms in total.